The van der Waals surface area contributed by atoms with Gasteiger partial charge in [0.1, 0.15) is 5.82 Å². The highest BCUT2D eigenvalue weighted by molar-refractivity contribution is 5.85. The SMILES string of the molecule is COC(=O)c1nccc(N(CC2CC2)CC2CCCN2)n1. The van der Waals surface area contributed by atoms with Crippen molar-refractivity contribution < 1.29 is 9.53 Å². The minimum atomic E-state index is -0.484. The van der Waals surface area contributed by atoms with Crippen molar-refractivity contribution in [2.24, 2.45) is 5.92 Å². The van der Waals surface area contributed by atoms with Gasteiger partial charge in [0, 0.05) is 25.3 Å². The maximum atomic E-state index is 11.6. The molecule has 2 aliphatic rings. The fraction of sp³-hybridized carbons (Fsp3) is 0.667. The molecule has 1 aromatic heterocycles. The highest BCUT2D eigenvalue weighted by atomic mass is 16.5. The number of nitrogens with zero attached hydrogens (tertiary/aromatic N) is 3. The zero-order chi connectivity index (χ0) is 14.7. The maximum absolute atomic E-state index is 11.6. The van der Waals surface area contributed by atoms with Crippen molar-refractivity contribution in [2.45, 2.75) is 31.7 Å². The second kappa shape index (κ2) is 6.39. The zero-order valence-corrected chi connectivity index (χ0v) is 12.4. The van der Waals surface area contributed by atoms with E-state index in [-0.39, 0.29) is 5.82 Å². The summed E-state index contributed by atoms with van der Waals surface area (Å²) in [4.78, 5) is 22.2. The normalized spacial score (nSPS) is 21.3. The van der Waals surface area contributed by atoms with Crippen LogP contribution >= 0.6 is 0 Å². The predicted octanol–water partition coefficient (Wildman–Crippen LogP) is 1.23. The Bertz CT molecular complexity index is 498. The molecule has 0 aromatic carbocycles. The van der Waals surface area contributed by atoms with Gasteiger partial charge >= 0.3 is 5.97 Å². The van der Waals surface area contributed by atoms with Crippen molar-refractivity contribution in [1.29, 1.82) is 0 Å². The van der Waals surface area contributed by atoms with Gasteiger partial charge in [-0.3, -0.25) is 0 Å². The van der Waals surface area contributed by atoms with Crippen LogP contribution in [-0.4, -0.2) is 48.7 Å². The monoisotopic (exact) mass is 290 g/mol. The Kier molecular flexibility index (Phi) is 4.34. The first-order valence-corrected chi connectivity index (χ1v) is 7.66. The molecule has 0 spiro atoms. The number of hydrogen-bond donors (Lipinski definition) is 1. The summed E-state index contributed by atoms with van der Waals surface area (Å²) in [6, 6.07) is 2.39. The van der Waals surface area contributed by atoms with Crippen molar-refractivity contribution in [1.82, 2.24) is 15.3 Å². The lowest BCUT2D eigenvalue weighted by Gasteiger charge is -2.27. The van der Waals surface area contributed by atoms with Gasteiger partial charge in [0.15, 0.2) is 0 Å². The van der Waals surface area contributed by atoms with Crippen molar-refractivity contribution >= 4 is 11.8 Å². The molecular weight excluding hydrogens is 268 g/mol. The summed E-state index contributed by atoms with van der Waals surface area (Å²) in [5.41, 5.74) is 0. The van der Waals surface area contributed by atoms with Crippen LogP contribution in [0.5, 0.6) is 0 Å². The van der Waals surface area contributed by atoms with E-state index in [9.17, 15) is 4.79 Å². The minimum Gasteiger partial charge on any atom is -0.463 e. The number of aromatic nitrogens is 2. The smallest absolute Gasteiger partial charge is 0.376 e. The van der Waals surface area contributed by atoms with Crippen molar-refractivity contribution in [3.63, 3.8) is 0 Å². The Morgan fingerprint density at radius 3 is 2.95 bits per heavy atom. The van der Waals surface area contributed by atoms with Crippen molar-refractivity contribution in [2.75, 3.05) is 31.6 Å². The molecule has 2 heterocycles. The molecule has 1 aliphatic heterocycles. The number of esters is 1. The molecule has 6 heteroatoms. The second-order valence-corrected chi connectivity index (χ2v) is 5.87. The summed E-state index contributed by atoms with van der Waals surface area (Å²) >= 11 is 0. The van der Waals surface area contributed by atoms with Gasteiger partial charge in [0.25, 0.3) is 0 Å². The molecule has 0 amide bonds. The van der Waals surface area contributed by atoms with Crippen LogP contribution in [0.2, 0.25) is 0 Å². The summed E-state index contributed by atoms with van der Waals surface area (Å²) in [6.45, 7) is 3.04. The van der Waals surface area contributed by atoms with E-state index < -0.39 is 5.97 Å². The van der Waals surface area contributed by atoms with Crippen LogP contribution in [0.1, 0.15) is 36.3 Å². The highest BCUT2D eigenvalue weighted by Gasteiger charge is 2.27. The fourth-order valence-electron chi connectivity index (χ4n) is 2.77. The molecule has 3 rings (SSSR count). The first-order chi connectivity index (χ1) is 10.3. The van der Waals surface area contributed by atoms with Crippen LogP contribution in [0.3, 0.4) is 0 Å². The summed E-state index contributed by atoms with van der Waals surface area (Å²) in [7, 11) is 1.35. The van der Waals surface area contributed by atoms with Gasteiger partial charge in [-0.15, -0.1) is 0 Å². The van der Waals surface area contributed by atoms with Gasteiger partial charge in [-0.25, -0.2) is 14.8 Å². The molecule has 1 aliphatic carbocycles. The lowest BCUT2D eigenvalue weighted by Crippen LogP contribution is -2.39. The van der Waals surface area contributed by atoms with E-state index in [1.807, 2.05) is 6.07 Å². The number of hydrogen-bond acceptors (Lipinski definition) is 6. The summed E-state index contributed by atoms with van der Waals surface area (Å²) < 4.78 is 4.70. The average molecular weight is 290 g/mol. The number of rotatable bonds is 6. The number of carbonyl (C=O) groups excluding carboxylic acids is 1. The van der Waals surface area contributed by atoms with Crippen LogP contribution < -0.4 is 10.2 Å². The van der Waals surface area contributed by atoms with E-state index in [1.165, 1.54) is 32.8 Å². The van der Waals surface area contributed by atoms with E-state index >= 15 is 0 Å². The summed E-state index contributed by atoms with van der Waals surface area (Å²) in [5.74, 6) is 1.24. The third-order valence-corrected chi connectivity index (χ3v) is 4.11. The molecule has 0 radical (unpaired) electrons. The van der Waals surface area contributed by atoms with Gasteiger partial charge in [0.2, 0.25) is 5.82 Å². The first kappa shape index (κ1) is 14.3. The van der Waals surface area contributed by atoms with E-state index in [0.717, 1.165) is 31.4 Å². The molecule has 1 N–H and O–H groups in total. The molecule has 1 aromatic rings. The molecule has 1 saturated carbocycles. The predicted molar refractivity (Wildman–Crippen MR) is 79.3 cm³/mol. The van der Waals surface area contributed by atoms with E-state index in [0.29, 0.717) is 6.04 Å². The van der Waals surface area contributed by atoms with E-state index in [2.05, 4.69) is 20.2 Å². The minimum absolute atomic E-state index is 0.134. The van der Waals surface area contributed by atoms with Gasteiger partial charge < -0.3 is 15.0 Å². The molecule has 1 unspecified atom stereocenters. The summed E-state index contributed by atoms with van der Waals surface area (Å²) in [6.07, 6.45) is 6.67. The Morgan fingerprint density at radius 1 is 1.43 bits per heavy atom. The van der Waals surface area contributed by atoms with Crippen molar-refractivity contribution in [3.05, 3.63) is 18.1 Å². The standard InChI is InChI=1S/C15H22N4O2/c1-21-15(20)14-17-8-6-13(18-14)19(9-11-4-5-11)10-12-3-2-7-16-12/h6,8,11-12,16H,2-5,7,9-10H2,1H3. The number of methoxy groups -OCH3 is 1. The zero-order valence-electron chi connectivity index (χ0n) is 12.4. The average Bonchev–Trinajstić information content (AvgIpc) is 3.19. The van der Waals surface area contributed by atoms with Gasteiger partial charge in [-0.2, -0.15) is 0 Å². The number of anilines is 1. The molecule has 6 nitrogen and oxygen atoms in total. The second-order valence-electron chi connectivity index (χ2n) is 5.87. The third-order valence-electron chi connectivity index (χ3n) is 4.11. The summed E-state index contributed by atoms with van der Waals surface area (Å²) in [5, 5.41) is 3.52. The molecule has 21 heavy (non-hydrogen) atoms. The first-order valence-electron chi connectivity index (χ1n) is 7.66. The van der Waals surface area contributed by atoms with Crippen LogP contribution in [0.4, 0.5) is 5.82 Å². The number of nitrogens with one attached hydrogen (secondary N) is 1. The molecule has 114 valence electrons. The maximum Gasteiger partial charge on any atom is 0.376 e. The number of carbonyl (C=O) groups is 1. The third kappa shape index (κ3) is 3.69. The Hall–Kier alpha value is -1.69. The molecule has 1 saturated heterocycles. The Morgan fingerprint density at radius 2 is 2.29 bits per heavy atom. The van der Waals surface area contributed by atoms with Gasteiger partial charge in [-0.1, -0.05) is 0 Å². The van der Waals surface area contributed by atoms with Gasteiger partial charge in [-0.05, 0) is 44.2 Å². The molecule has 2 fully saturated rings. The van der Waals surface area contributed by atoms with E-state index in [4.69, 9.17) is 4.74 Å². The number of ether oxygens (including phenoxy) is 1. The Labute approximate surface area is 124 Å². The van der Waals surface area contributed by atoms with Gasteiger partial charge in [0.05, 0.1) is 7.11 Å². The van der Waals surface area contributed by atoms with E-state index in [1.54, 1.807) is 6.20 Å². The lowest BCUT2D eigenvalue weighted by molar-refractivity contribution is 0.0587. The van der Waals surface area contributed by atoms with Crippen LogP contribution in [0, 0.1) is 5.92 Å². The molecule has 0 bridgehead atoms. The molecule has 1 atom stereocenters. The van der Waals surface area contributed by atoms with Crippen LogP contribution in [0.15, 0.2) is 12.3 Å². The van der Waals surface area contributed by atoms with Crippen LogP contribution in [0.25, 0.3) is 0 Å². The van der Waals surface area contributed by atoms with Crippen molar-refractivity contribution in [3.8, 4) is 0 Å². The highest BCUT2D eigenvalue weighted by Crippen LogP contribution is 2.31. The topological polar surface area (TPSA) is 67.3 Å². The largest absolute Gasteiger partial charge is 0.463 e. The fourth-order valence-corrected chi connectivity index (χ4v) is 2.77. The molecular formula is C15H22N4O2. The van der Waals surface area contributed by atoms with Crippen LogP contribution in [-0.2, 0) is 4.74 Å². The Balaban J connectivity index is 1.75. The lowest BCUT2D eigenvalue weighted by atomic mass is 10.2. The quantitative estimate of drug-likeness (QED) is 0.795.